The monoisotopic (exact) mass is 316 g/mol. The number of hydrogen-bond acceptors (Lipinski definition) is 3. The second kappa shape index (κ2) is 10.1. The first-order valence-corrected chi connectivity index (χ1v) is 0.775. The molecule has 0 saturated heterocycles. The predicted octanol–water partition coefficient (Wildman–Crippen LogP) is -4.15. The van der Waals surface area contributed by atoms with Crippen molar-refractivity contribution in [1.82, 2.24) is 0 Å². The van der Waals surface area contributed by atoms with Gasteiger partial charge in [-0.15, -0.1) is 0 Å². The molecule has 3 nitrogen and oxygen atoms in total. The molecular weight excluding hydrogens is 308 g/mol. The Balaban J connectivity index is -0.0000000450. The van der Waals surface area contributed by atoms with E-state index in [1.807, 2.05) is 0 Å². The first kappa shape index (κ1) is 15.7. The van der Waals surface area contributed by atoms with Gasteiger partial charge in [-0.3, -0.25) is 0 Å². The molecule has 6 heavy (non-hydrogen) atoms. The summed E-state index contributed by atoms with van der Waals surface area (Å²) in [5.74, 6) is 0. The standard InChI is InChI=1S/BH3O3.Bi.Ca.5H/c2-1(3)4;;;;;;;/h2-4H;;;;;;;. The van der Waals surface area contributed by atoms with Crippen LogP contribution in [0.15, 0.2) is 0 Å². The van der Waals surface area contributed by atoms with Gasteiger partial charge in [-0.2, -0.15) is 0 Å². The van der Waals surface area contributed by atoms with Crippen LogP contribution >= 0.6 is 0 Å². The Morgan fingerprint density at radius 3 is 1.00 bits per heavy atom. The zero-order valence-corrected chi connectivity index (χ0v) is 8.12. The third-order valence-electron chi connectivity index (χ3n) is 0. The van der Waals surface area contributed by atoms with E-state index in [1.54, 1.807) is 0 Å². The summed E-state index contributed by atoms with van der Waals surface area (Å²) in [5.41, 5.74) is 0. The Labute approximate surface area is 85.0 Å². The van der Waals surface area contributed by atoms with E-state index < -0.39 is 7.32 Å². The van der Waals surface area contributed by atoms with Crippen LogP contribution in [0.4, 0.5) is 0 Å². The second-order valence-corrected chi connectivity index (χ2v) is 0.346. The van der Waals surface area contributed by atoms with Crippen molar-refractivity contribution >= 4 is 71.3 Å². The van der Waals surface area contributed by atoms with E-state index in [4.69, 9.17) is 15.1 Å². The molecule has 0 unspecified atom stereocenters. The molecule has 0 aromatic carbocycles. The van der Waals surface area contributed by atoms with E-state index in [-0.39, 0.29) is 63.9 Å². The van der Waals surface area contributed by atoms with Crippen LogP contribution in [0.2, 0.25) is 0 Å². The molecule has 3 N–H and O–H groups in total. The summed E-state index contributed by atoms with van der Waals surface area (Å²) in [6.07, 6.45) is 0. The van der Waals surface area contributed by atoms with Crippen LogP contribution in [0.25, 0.3) is 0 Å². The minimum atomic E-state index is -2.17. The maximum atomic E-state index is 7.17. The molecule has 0 fully saturated rings. The normalized spacial score (nSPS) is 4.50. The van der Waals surface area contributed by atoms with Crippen molar-refractivity contribution in [1.29, 1.82) is 0 Å². The van der Waals surface area contributed by atoms with Gasteiger partial charge in [0.1, 0.15) is 0 Å². The van der Waals surface area contributed by atoms with Gasteiger partial charge in [0.15, 0.2) is 0 Å². The van der Waals surface area contributed by atoms with E-state index in [0.717, 1.165) is 0 Å². The molecule has 0 aromatic rings. The molecule has 0 spiro atoms. The molecule has 0 aliphatic heterocycles. The fourth-order valence-corrected chi connectivity index (χ4v) is 0. The van der Waals surface area contributed by atoms with Crippen molar-refractivity contribution in [3.63, 3.8) is 0 Å². The average Bonchev–Trinajstić information content (AvgIpc) is 0.811. The van der Waals surface area contributed by atoms with Crippen LogP contribution < -0.4 is 0 Å². The Bertz CT molecular complexity index is 15.5. The van der Waals surface area contributed by atoms with Gasteiger partial charge in [0, 0.05) is 0 Å². The van der Waals surface area contributed by atoms with Crippen molar-refractivity contribution in [2.24, 2.45) is 0 Å². The fraction of sp³-hybridized carbons (Fsp3) is 0. The molecule has 0 bridgehead atoms. The van der Waals surface area contributed by atoms with Crippen molar-refractivity contribution in [3.8, 4) is 0 Å². The molecule has 0 aromatic heterocycles. The van der Waals surface area contributed by atoms with E-state index in [1.165, 1.54) is 0 Å². The van der Waals surface area contributed by atoms with Gasteiger partial charge >= 0.3 is 71.3 Å². The Morgan fingerprint density at radius 1 is 1.00 bits per heavy atom. The van der Waals surface area contributed by atoms with Crippen molar-refractivity contribution in [3.05, 3.63) is 0 Å². The van der Waals surface area contributed by atoms with Gasteiger partial charge in [0.25, 0.3) is 0 Å². The zero-order chi connectivity index (χ0) is 3.58. The van der Waals surface area contributed by atoms with Crippen molar-refractivity contribution in [2.75, 3.05) is 0 Å². The van der Waals surface area contributed by atoms with Gasteiger partial charge in [-0.1, -0.05) is 0 Å². The molecule has 0 saturated carbocycles. The third-order valence-corrected chi connectivity index (χ3v) is 0. The molecule has 0 aliphatic carbocycles. The number of rotatable bonds is 0. The molecule has 36 valence electrons. The predicted molar refractivity (Wildman–Crippen MR) is 30.9 cm³/mol. The summed E-state index contributed by atoms with van der Waals surface area (Å²) in [6, 6.07) is 0. The average molecular weight is 316 g/mol. The van der Waals surface area contributed by atoms with E-state index in [9.17, 15) is 0 Å². The Kier molecular flexibility index (Phi) is 26.5. The van der Waals surface area contributed by atoms with E-state index in [0.29, 0.717) is 0 Å². The van der Waals surface area contributed by atoms with E-state index >= 15 is 0 Å². The topological polar surface area (TPSA) is 60.7 Å². The van der Waals surface area contributed by atoms with Crippen LogP contribution in [-0.4, -0.2) is 86.3 Å². The SMILES string of the molecule is OB(O)O.[BiH3].[CaH2]. The molecule has 0 amide bonds. The molecule has 0 heterocycles. The van der Waals surface area contributed by atoms with Crippen molar-refractivity contribution in [2.45, 2.75) is 0 Å². The molecular formula is H8BBiCaO3. The van der Waals surface area contributed by atoms with Crippen LogP contribution in [0.5, 0.6) is 0 Å². The summed E-state index contributed by atoms with van der Waals surface area (Å²) in [7, 11) is -2.17. The number of hydrogen-bond donors (Lipinski definition) is 3. The fourth-order valence-electron chi connectivity index (χ4n) is 0. The van der Waals surface area contributed by atoms with Gasteiger partial charge in [0.05, 0.1) is 0 Å². The van der Waals surface area contributed by atoms with Crippen LogP contribution in [0.3, 0.4) is 0 Å². The van der Waals surface area contributed by atoms with Crippen LogP contribution in [0.1, 0.15) is 0 Å². The first-order chi connectivity index (χ1) is 1.73. The first-order valence-electron chi connectivity index (χ1n) is 0.775. The molecule has 0 rings (SSSR count). The van der Waals surface area contributed by atoms with Crippen LogP contribution in [-0.2, 0) is 0 Å². The summed E-state index contributed by atoms with van der Waals surface area (Å²) in [5, 5.41) is 21.5. The molecule has 0 aliphatic rings. The third kappa shape index (κ3) is 36.2. The van der Waals surface area contributed by atoms with Crippen molar-refractivity contribution < 1.29 is 15.1 Å². The van der Waals surface area contributed by atoms with Gasteiger partial charge in [-0.25, -0.2) is 0 Å². The quantitative estimate of drug-likeness (QED) is 0.398. The summed E-state index contributed by atoms with van der Waals surface area (Å²) in [6.45, 7) is 0. The molecule has 6 heteroatoms. The Morgan fingerprint density at radius 2 is 1.00 bits per heavy atom. The minimum absolute atomic E-state index is 0. The summed E-state index contributed by atoms with van der Waals surface area (Å²) in [4.78, 5) is 0. The second-order valence-electron chi connectivity index (χ2n) is 0.346. The van der Waals surface area contributed by atoms with Gasteiger partial charge in [0.2, 0.25) is 0 Å². The summed E-state index contributed by atoms with van der Waals surface area (Å²) >= 11 is 0. The summed E-state index contributed by atoms with van der Waals surface area (Å²) < 4.78 is 0. The Hall–Kier alpha value is 2.09. The van der Waals surface area contributed by atoms with Gasteiger partial charge < -0.3 is 15.1 Å². The molecule has 0 radical (unpaired) electrons. The van der Waals surface area contributed by atoms with Crippen LogP contribution in [0, 0.1) is 0 Å². The van der Waals surface area contributed by atoms with E-state index in [2.05, 4.69) is 0 Å². The zero-order valence-electron chi connectivity index (χ0n) is 2.63. The maximum absolute atomic E-state index is 7.17. The van der Waals surface area contributed by atoms with Gasteiger partial charge in [-0.05, 0) is 0 Å². The molecule has 0 atom stereocenters.